The summed E-state index contributed by atoms with van der Waals surface area (Å²) in [4.78, 5) is 14.1. The van der Waals surface area contributed by atoms with Gasteiger partial charge in [0.05, 0.1) is 11.4 Å². The van der Waals surface area contributed by atoms with Crippen molar-refractivity contribution in [1.29, 1.82) is 0 Å². The molecule has 2 aromatic carbocycles. The summed E-state index contributed by atoms with van der Waals surface area (Å²) in [5.41, 5.74) is 1.60. The summed E-state index contributed by atoms with van der Waals surface area (Å²) in [6.07, 6.45) is 0. The highest BCUT2D eigenvalue weighted by Crippen LogP contribution is 2.33. The Morgan fingerprint density at radius 2 is 1.81 bits per heavy atom. The number of anilines is 1. The highest BCUT2D eigenvalue weighted by molar-refractivity contribution is 8.15. The van der Waals surface area contributed by atoms with Crippen molar-refractivity contribution in [2.24, 2.45) is 4.40 Å². The summed E-state index contributed by atoms with van der Waals surface area (Å²) in [6, 6.07) is 16.4. The smallest absolute Gasteiger partial charge is 0.286 e. The molecule has 0 fully saturated rings. The number of para-hydroxylation sites is 1. The molecule has 6 nitrogen and oxygen atoms in total. The van der Waals surface area contributed by atoms with Crippen LogP contribution < -0.4 is 10.2 Å². The van der Waals surface area contributed by atoms with E-state index in [-0.39, 0.29) is 16.6 Å². The Morgan fingerprint density at radius 1 is 1.12 bits per heavy atom. The first-order valence-corrected chi connectivity index (χ1v) is 10.6. The molecule has 0 bridgehead atoms. The van der Waals surface area contributed by atoms with Crippen molar-refractivity contribution in [2.75, 3.05) is 17.2 Å². The minimum atomic E-state index is -3.74. The van der Waals surface area contributed by atoms with E-state index in [1.54, 1.807) is 24.3 Å². The van der Waals surface area contributed by atoms with E-state index in [2.05, 4.69) is 9.71 Å². The van der Waals surface area contributed by atoms with Crippen molar-refractivity contribution in [3.05, 3.63) is 60.2 Å². The Morgan fingerprint density at radius 3 is 2.54 bits per heavy atom. The van der Waals surface area contributed by atoms with Gasteiger partial charge in [0, 0.05) is 13.1 Å². The lowest BCUT2D eigenvalue weighted by Gasteiger charge is -2.29. The van der Waals surface area contributed by atoms with Crippen LogP contribution in [0.5, 0.6) is 0 Å². The zero-order valence-corrected chi connectivity index (χ0v) is 15.9. The van der Waals surface area contributed by atoms with E-state index in [0.717, 1.165) is 17.3 Å². The Balaban J connectivity index is 1.67. The van der Waals surface area contributed by atoms with Crippen LogP contribution in [0.2, 0.25) is 0 Å². The number of amides is 1. The van der Waals surface area contributed by atoms with Crippen LogP contribution in [0.25, 0.3) is 0 Å². The van der Waals surface area contributed by atoms with Crippen molar-refractivity contribution >= 4 is 38.5 Å². The van der Waals surface area contributed by atoms with Crippen LogP contribution in [0.3, 0.4) is 0 Å². The van der Waals surface area contributed by atoms with E-state index in [1.165, 1.54) is 0 Å². The van der Waals surface area contributed by atoms with Gasteiger partial charge >= 0.3 is 0 Å². The number of nitrogens with one attached hydrogen (secondary N) is 1. The zero-order chi connectivity index (χ0) is 18.6. The van der Waals surface area contributed by atoms with Gasteiger partial charge in [0.1, 0.15) is 4.90 Å². The molecule has 26 heavy (non-hydrogen) atoms. The lowest BCUT2D eigenvalue weighted by molar-refractivity contribution is -0.118. The van der Waals surface area contributed by atoms with Gasteiger partial charge in [0.25, 0.3) is 10.0 Å². The summed E-state index contributed by atoms with van der Waals surface area (Å²) in [5, 5.41) is 3.15. The average molecular weight is 390 g/mol. The van der Waals surface area contributed by atoms with Gasteiger partial charge in [-0.05, 0) is 24.6 Å². The number of nitrogens with zero attached hydrogens (tertiary/aromatic N) is 2. The van der Waals surface area contributed by atoms with Crippen molar-refractivity contribution in [1.82, 2.24) is 5.32 Å². The van der Waals surface area contributed by atoms with E-state index in [1.807, 2.05) is 42.2 Å². The molecule has 0 atom stereocenters. The lowest BCUT2D eigenvalue weighted by Crippen LogP contribution is -2.35. The van der Waals surface area contributed by atoms with Crippen LogP contribution in [0, 0.1) is 0 Å². The molecule has 136 valence electrons. The molecule has 1 aliphatic heterocycles. The molecule has 0 aliphatic carbocycles. The van der Waals surface area contributed by atoms with Crippen LogP contribution in [-0.2, 0) is 21.4 Å². The molecule has 1 N–H and O–H groups in total. The second kappa shape index (κ2) is 7.92. The number of hydrogen-bond acceptors (Lipinski definition) is 5. The molecule has 8 heteroatoms. The molecule has 1 amide bonds. The predicted molar refractivity (Wildman–Crippen MR) is 105 cm³/mol. The fourth-order valence-corrected chi connectivity index (χ4v) is 4.94. The Bertz CT molecular complexity index is 928. The summed E-state index contributed by atoms with van der Waals surface area (Å²) >= 11 is 1.12. The van der Waals surface area contributed by atoms with Gasteiger partial charge in [-0.3, -0.25) is 4.79 Å². The maximum absolute atomic E-state index is 12.4. The van der Waals surface area contributed by atoms with Crippen LogP contribution in [0.4, 0.5) is 5.69 Å². The topological polar surface area (TPSA) is 78.8 Å². The Hall–Kier alpha value is -2.32. The molecule has 0 aromatic heterocycles. The third-order valence-corrected chi connectivity index (χ3v) is 6.25. The van der Waals surface area contributed by atoms with Gasteiger partial charge in [-0.2, -0.15) is 8.42 Å². The molecule has 0 unspecified atom stereocenters. The van der Waals surface area contributed by atoms with Gasteiger partial charge in [-0.25, -0.2) is 0 Å². The third kappa shape index (κ3) is 4.08. The van der Waals surface area contributed by atoms with Crippen LogP contribution in [0.15, 0.2) is 63.9 Å². The predicted octanol–water partition coefficient (Wildman–Crippen LogP) is 2.62. The van der Waals surface area contributed by atoms with E-state index in [4.69, 9.17) is 0 Å². The second-order valence-electron chi connectivity index (χ2n) is 5.61. The number of fused-ring (bicyclic) bond motifs is 1. The highest BCUT2D eigenvalue weighted by Gasteiger charge is 2.30. The monoisotopic (exact) mass is 389 g/mol. The number of sulfonamides is 1. The maximum atomic E-state index is 12.4. The fourth-order valence-electron chi connectivity index (χ4n) is 2.59. The zero-order valence-electron chi connectivity index (χ0n) is 14.3. The molecule has 1 aliphatic rings. The molecule has 0 spiro atoms. The molecular formula is C18H19N3O3S2. The standard InChI is InChI=1S/C18H19N3O3S2/c1-2-21-15-10-6-7-11-16(15)26(23,24)20-18(21)25-13-17(22)19-12-14-8-4-3-5-9-14/h3-11H,2,12-13H2,1H3,(H,19,22). The second-order valence-corrected chi connectivity index (χ2v) is 8.13. The maximum Gasteiger partial charge on any atom is 0.286 e. The van der Waals surface area contributed by atoms with Gasteiger partial charge in [0.15, 0.2) is 5.17 Å². The van der Waals surface area contributed by atoms with Gasteiger partial charge in [-0.1, -0.05) is 54.2 Å². The van der Waals surface area contributed by atoms with Crippen molar-refractivity contribution < 1.29 is 13.2 Å². The molecule has 0 radical (unpaired) electrons. The molecule has 0 saturated carbocycles. The van der Waals surface area contributed by atoms with Crippen molar-refractivity contribution in [3.63, 3.8) is 0 Å². The quantitative estimate of drug-likeness (QED) is 0.850. The first-order valence-electron chi connectivity index (χ1n) is 8.16. The Labute approximate surface area is 157 Å². The van der Waals surface area contributed by atoms with E-state index in [9.17, 15) is 13.2 Å². The minimum Gasteiger partial charge on any atom is -0.351 e. The summed E-state index contributed by atoms with van der Waals surface area (Å²) < 4.78 is 28.6. The molecule has 0 saturated heterocycles. The first kappa shape index (κ1) is 18.5. The fraction of sp³-hybridized carbons (Fsp3) is 0.222. The largest absolute Gasteiger partial charge is 0.351 e. The number of thioether (sulfide) groups is 1. The van der Waals surface area contributed by atoms with Gasteiger partial charge < -0.3 is 10.2 Å². The van der Waals surface area contributed by atoms with Crippen LogP contribution in [-0.4, -0.2) is 31.8 Å². The van der Waals surface area contributed by atoms with Crippen LogP contribution >= 0.6 is 11.8 Å². The molecule has 1 heterocycles. The van der Waals surface area contributed by atoms with Gasteiger partial charge in [-0.15, -0.1) is 4.40 Å². The number of hydrogen-bond donors (Lipinski definition) is 1. The summed E-state index contributed by atoms with van der Waals surface area (Å²) in [6.45, 7) is 2.91. The van der Waals surface area contributed by atoms with Crippen LogP contribution in [0.1, 0.15) is 12.5 Å². The first-order chi connectivity index (χ1) is 12.5. The number of amidine groups is 1. The molecule has 2 aromatic rings. The summed E-state index contributed by atoms with van der Waals surface area (Å²) in [7, 11) is -3.74. The van der Waals surface area contributed by atoms with E-state index in [0.29, 0.717) is 23.9 Å². The number of carbonyl (C=O) groups is 1. The number of benzene rings is 2. The summed E-state index contributed by atoms with van der Waals surface area (Å²) in [5.74, 6) is -0.0753. The van der Waals surface area contributed by atoms with E-state index < -0.39 is 10.0 Å². The normalized spacial score (nSPS) is 15.1. The molecular weight excluding hydrogens is 370 g/mol. The highest BCUT2D eigenvalue weighted by atomic mass is 32.2. The average Bonchev–Trinajstić information content (AvgIpc) is 2.65. The van der Waals surface area contributed by atoms with Gasteiger partial charge in [0.2, 0.25) is 5.91 Å². The number of rotatable bonds is 5. The third-order valence-electron chi connectivity index (χ3n) is 3.84. The lowest BCUT2D eigenvalue weighted by atomic mass is 10.2. The Kier molecular flexibility index (Phi) is 5.63. The SMILES string of the molecule is CCN1C(SCC(=O)NCc2ccccc2)=NS(=O)(=O)c2ccccc21. The van der Waals surface area contributed by atoms with E-state index >= 15 is 0 Å². The van der Waals surface area contributed by atoms with Crippen molar-refractivity contribution in [3.8, 4) is 0 Å². The minimum absolute atomic E-state index is 0.0971. The molecule has 3 rings (SSSR count). The number of carbonyl (C=O) groups excluding carboxylic acids is 1. The van der Waals surface area contributed by atoms with Crippen molar-refractivity contribution in [2.45, 2.75) is 18.4 Å².